The van der Waals surface area contributed by atoms with Gasteiger partial charge in [-0.25, -0.2) is 9.97 Å². The second-order valence-corrected chi connectivity index (χ2v) is 13.3. The van der Waals surface area contributed by atoms with Gasteiger partial charge >= 0.3 is 0 Å². The van der Waals surface area contributed by atoms with E-state index in [0.717, 1.165) is 60.5 Å². The minimum atomic E-state index is 0.719. The van der Waals surface area contributed by atoms with E-state index in [9.17, 15) is 0 Å². The van der Waals surface area contributed by atoms with Crippen molar-refractivity contribution < 1.29 is 0 Å². The molecule has 0 unspecified atom stereocenters. The lowest BCUT2D eigenvalue weighted by Crippen LogP contribution is -1.95. The molecule has 7 aromatic carbocycles. The molecule has 0 saturated heterocycles. The summed E-state index contributed by atoms with van der Waals surface area (Å²) < 4.78 is 2.30. The quantitative estimate of drug-likeness (QED) is 0.180. The molecule has 3 heteroatoms. The van der Waals surface area contributed by atoms with E-state index in [1.165, 1.54) is 27.0 Å². The van der Waals surface area contributed by atoms with Crippen LogP contribution in [-0.2, 0) is 0 Å². The van der Waals surface area contributed by atoms with Gasteiger partial charge in [-0.15, -0.1) is 11.3 Å². The highest BCUT2D eigenvalue weighted by Gasteiger charge is 2.18. The number of thiophene rings is 1. The third kappa shape index (κ3) is 5.61. The van der Waals surface area contributed by atoms with E-state index in [4.69, 9.17) is 9.97 Å². The second kappa shape index (κ2) is 12.5. The summed E-state index contributed by atoms with van der Waals surface area (Å²) in [7, 11) is 0. The first-order valence-electron chi connectivity index (χ1n) is 16.5. The molecule has 0 aliphatic carbocycles. The van der Waals surface area contributed by atoms with Crippen molar-refractivity contribution in [2.75, 3.05) is 0 Å². The van der Waals surface area contributed by atoms with Crippen LogP contribution in [0.3, 0.4) is 0 Å². The number of nitrogens with zero attached hydrogens (tertiary/aromatic N) is 2. The topological polar surface area (TPSA) is 25.8 Å². The van der Waals surface area contributed by atoms with Crippen molar-refractivity contribution in [3.05, 3.63) is 182 Å². The molecule has 230 valence electrons. The largest absolute Gasteiger partial charge is 0.226 e. The fourth-order valence-corrected chi connectivity index (χ4v) is 7.77. The van der Waals surface area contributed by atoms with Gasteiger partial charge in [0.05, 0.1) is 15.9 Å². The zero-order valence-electron chi connectivity index (χ0n) is 26.6. The first-order valence-corrected chi connectivity index (χ1v) is 17.3. The van der Waals surface area contributed by atoms with Crippen LogP contribution < -0.4 is 0 Å². The summed E-state index contributed by atoms with van der Waals surface area (Å²) in [6.07, 6.45) is 0. The molecule has 49 heavy (non-hydrogen) atoms. The summed E-state index contributed by atoms with van der Waals surface area (Å²) in [5.74, 6) is 0.719. The third-order valence-corrected chi connectivity index (χ3v) is 10.2. The van der Waals surface area contributed by atoms with Gasteiger partial charge in [0.1, 0.15) is 0 Å². The molecule has 0 aliphatic rings. The summed E-state index contributed by atoms with van der Waals surface area (Å²) in [6.45, 7) is 0. The Morgan fingerprint density at radius 2 is 0.755 bits per heavy atom. The zero-order chi connectivity index (χ0) is 32.6. The maximum absolute atomic E-state index is 5.39. The molecule has 0 bridgehead atoms. The Hall–Kier alpha value is -6.16. The van der Waals surface area contributed by atoms with Crippen molar-refractivity contribution in [3.63, 3.8) is 0 Å². The fraction of sp³-hybridized carbons (Fsp3) is 0. The molecule has 2 aromatic heterocycles. The maximum Gasteiger partial charge on any atom is 0.160 e. The molecule has 2 heterocycles. The van der Waals surface area contributed by atoms with Crippen LogP contribution in [0.2, 0.25) is 0 Å². The molecular formula is C46H30N2S. The lowest BCUT2D eigenvalue weighted by Gasteiger charge is -2.12. The van der Waals surface area contributed by atoms with Crippen LogP contribution in [0.1, 0.15) is 0 Å². The van der Waals surface area contributed by atoms with E-state index in [0.29, 0.717) is 0 Å². The Morgan fingerprint density at radius 3 is 1.31 bits per heavy atom. The highest BCUT2D eigenvalue weighted by molar-refractivity contribution is 7.26. The van der Waals surface area contributed by atoms with Crippen LogP contribution in [0.4, 0.5) is 0 Å². The minimum absolute atomic E-state index is 0.719. The maximum atomic E-state index is 5.39. The van der Waals surface area contributed by atoms with Crippen molar-refractivity contribution in [1.29, 1.82) is 0 Å². The van der Waals surface area contributed by atoms with Crippen molar-refractivity contribution >= 4 is 31.6 Å². The highest BCUT2D eigenvalue weighted by atomic mass is 32.1. The van der Waals surface area contributed by atoms with E-state index in [1.807, 2.05) is 0 Å². The van der Waals surface area contributed by atoms with Crippen LogP contribution in [0, 0.1) is 0 Å². The van der Waals surface area contributed by atoms with Gasteiger partial charge in [-0.05, 0) is 68.8 Å². The van der Waals surface area contributed by atoms with Gasteiger partial charge in [-0.3, -0.25) is 0 Å². The number of aromatic nitrogens is 2. The van der Waals surface area contributed by atoms with Crippen LogP contribution >= 0.6 is 11.3 Å². The van der Waals surface area contributed by atoms with E-state index in [-0.39, 0.29) is 0 Å². The number of fused-ring (bicyclic) bond motifs is 3. The number of hydrogen-bond acceptors (Lipinski definition) is 3. The Kier molecular flexibility index (Phi) is 7.38. The molecule has 0 spiro atoms. The highest BCUT2D eigenvalue weighted by Crippen LogP contribution is 2.42. The summed E-state index contributed by atoms with van der Waals surface area (Å²) in [4.78, 5) is 10.7. The normalized spacial score (nSPS) is 11.3. The van der Waals surface area contributed by atoms with Crippen molar-refractivity contribution in [3.8, 4) is 67.2 Å². The molecule has 2 nitrogen and oxygen atoms in total. The van der Waals surface area contributed by atoms with E-state index < -0.39 is 0 Å². The molecule has 0 fully saturated rings. The molecule has 0 amide bonds. The summed E-state index contributed by atoms with van der Waals surface area (Å²) in [5.41, 5.74) is 13.4. The zero-order valence-corrected chi connectivity index (χ0v) is 27.4. The Labute approximate surface area is 289 Å². The smallest absolute Gasteiger partial charge is 0.160 e. The van der Waals surface area contributed by atoms with Crippen molar-refractivity contribution in [2.45, 2.75) is 0 Å². The lowest BCUT2D eigenvalue weighted by atomic mass is 9.95. The fourth-order valence-electron chi connectivity index (χ4n) is 6.58. The first-order chi connectivity index (χ1) is 24.3. The standard InChI is InChI=1S/C46H30N2S/c1-5-13-31(14-6-1)35-21-23-36(24-22-35)43-45-44(41-26-25-37(30-42(41)49-45)32-15-7-2-8-16-32)48-46(47-43)40-28-38(33-17-9-3-10-18-33)27-39(29-40)34-19-11-4-12-20-34/h1-30H. The van der Waals surface area contributed by atoms with Gasteiger partial charge in [0.2, 0.25) is 0 Å². The molecule has 0 aliphatic heterocycles. The average molecular weight is 643 g/mol. The van der Waals surface area contributed by atoms with E-state index in [2.05, 4.69) is 182 Å². The molecular weight excluding hydrogens is 613 g/mol. The minimum Gasteiger partial charge on any atom is -0.226 e. The molecule has 0 atom stereocenters. The van der Waals surface area contributed by atoms with Gasteiger partial charge in [0.15, 0.2) is 5.82 Å². The molecule has 9 rings (SSSR count). The predicted octanol–water partition coefficient (Wildman–Crippen LogP) is 12.8. The van der Waals surface area contributed by atoms with Crippen LogP contribution in [-0.4, -0.2) is 9.97 Å². The van der Waals surface area contributed by atoms with Crippen LogP contribution in [0.5, 0.6) is 0 Å². The first kappa shape index (κ1) is 29.0. The van der Waals surface area contributed by atoms with Gasteiger partial charge in [-0.1, -0.05) is 158 Å². The lowest BCUT2D eigenvalue weighted by molar-refractivity contribution is 1.24. The number of benzene rings is 7. The van der Waals surface area contributed by atoms with E-state index >= 15 is 0 Å². The molecule has 0 radical (unpaired) electrons. The Morgan fingerprint density at radius 1 is 0.327 bits per heavy atom. The Bertz CT molecular complexity index is 2500. The molecule has 0 N–H and O–H groups in total. The molecule has 9 aromatic rings. The Balaban J connectivity index is 1.27. The van der Waals surface area contributed by atoms with Gasteiger partial charge in [0.25, 0.3) is 0 Å². The predicted molar refractivity (Wildman–Crippen MR) is 208 cm³/mol. The monoisotopic (exact) mass is 642 g/mol. The van der Waals surface area contributed by atoms with E-state index in [1.54, 1.807) is 11.3 Å². The van der Waals surface area contributed by atoms with Crippen molar-refractivity contribution in [2.24, 2.45) is 0 Å². The van der Waals surface area contributed by atoms with Gasteiger partial charge in [-0.2, -0.15) is 0 Å². The summed E-state index contributed by atoms with van der Waals surface area (Å²) >= 11 is 1.77. The average Bonchev–Trinajstić information content (AvgIpc) is 3.57. The number of hydrogen-bond donors (Lipinski definition) is 0. The number of rotatable bonds is 6. The summed E-state index contributed by atoms with van der Waals surface area (Å²) in [5, 5.41) is 1.15. The third-order valence-electron chi connectivity index (χ3n) is 9.09. The second-order valence-electron chi connectivity index (χ2n) is 12.2. The SMILES string of the molecule is c1ccc(-c2ccc(-c3nc(-c4cc(-c5ccccc5)cc(-c5ccccc5)c4)nc4c3sc3cc(-c5ccccc5)ccc34)cc2)cc1. The van der Waals surface area contributed by atoms with Gasteiger partial charge < -0.3 is 0 Å². The van der Waals surface area contributed by atoms with Crippen molar-refractivity contribution in [1.82, 2.24) is 9.97 Å². The molecule has 0 saturated carbocycles. The van der Waals surface area contributed by atoms with Crippen LogP contribution in [0.25, 0.3) is 87.5 Å². The van der Waals surface area contributed by atoms with Gasteiger partial charge in [0, 0.05) is 21.2 Å². The van der Waals surface area contributed by atoms with Crippen LogP contribution in [0.15, 0.2) is 182 Å². The summed E-state index contributed by atoms with van der Waals surface area (Å²) in [6, 6.07) is 64.4.